The second-order valence-corrected chi connectivity index (χ2v) is 3.20. The summed E-state index contributed by atoms with van der Waals surface area (Å²) in [6.07, 6.45) is 1.09. The van der Waals surface area contributed by atoms with Crippen molar-refractivity contribution in [2.75, 3.05) is 14.2 Å². The molecule has 1 rings (SSSR count). The predicted octanol–water partition coefficient (Wildman–Crippen LogP) is 1.14. The zero-order chi connectivity index (χ0) is 12.1. The number of carbonyl (C=O) groups is 2. The average molecular weight is 223 g/mol. The smallest absolute Gasteiger partial charge is 0.313 e. The molecule has 0 N–H and O–H groups in total. The molecule has 86 valence electrons. The Morgan fingerprint density at radius 3 is 2.62 bits per heavy atom. The number of pyridine rings is 1. The van der Waals surface area contributed by atoms with Crippen LogP contribution >= 0.6 is 0 Å². The van der Waals surface area contributed by atoms with Gasteiger partial charge in [0.1, 0.15) is 12.2 Å². The molecule has 0 aliphatic heterocycles. The van der Waals surface area contributed by atoms with Crippen molar-refractivity contribution in [2.24, 2.45) is 0 Å². The molecule has 1 aromatic heterocycles. The molecule has 0 unspecified atom stereocenters. The van der Waals surface area contributed by atoms with Crippen molar-refractivity contribution in [3.63, 3.8) is 0 Å². The zero-order valence-corrected chi connectivity index (χ0v) is 9.44. The quantitative estimate of drug-likeness (QED) is 0.435. The highest BCUT2D eigenvalue weighted by atomic mass is 16.5. The molecule has 5 nitrogen and oxygen atoms in total. The number of ether oxygens (including phenoxy) is 2. The molecule has 0 bridgehead atoms. The maximum absolute atomic E-state index is 11.7. The van der Waals surface area contributed by atoms with E-state index in [-0.39, 0.29) is 12.2 Å². The fraction of sp³-hybridized carbons (Fsp3) is 0.364. The van der Waals surface area contributed by atoms with Gasteiger partial charge in [-0.25, -0.2) is 0 Å². The number of ketones is 1. The third-order valence-corrected chi connectivity index (χ3v) is 2.06. The fourth-order valence-corrected chi connectivity index (χ4v) is 1.21. The van der Waals surface area contributed by atoms with Crippen molar-refractivity contribution >= 4 is 11.8 Å². The lowest BCUT2D eigenvalue weighted by Gasteiger charge is -2.07. The average Bonchev–Trinajstić information content (AvgIpc) is 2.28. The second-order valence-electron chi connectivity index (χ2n) is 3.20. The van der Waals surface area contributed by atoms with Crippen LogP contribution < -0.4 is 4.74 Å². The van der Waals surface area contributed by atoms with Crippen LogP contribution in [0.25, 0.3) is 0 Å². The summed E-state index contributed by atoms with van der Waals surface area (Å²) in [5, 5.41) is 0. The minimum absolute atomic E-state index is 0.290. The third-order valence-electron chi connectivity index (χ3n) is 2.06. The van der Waals surface area contributed by atoms with Crippen LogP contribution in [-0.4, -0.2) is 31.0 Å². The molecule has 0 spiro atoms. The molecule has 0 fully saturated rings. The standard InChI is InChI=1S/C11H13NO4/c1-7-4-10(15-2)8(6-12-7)9(13)5-11(14)16-3/h4,6H,5H2,1-3H3. The van der Waals surface area contributed by atoms with E-state index in [9.17, 15) is 9.59 Å². The van der Waals surface area contributed by atoms with Crippen molar-refractivity contribution < 1.29 is 19.1 Å². The van der Waals surface area contributed by atoms with Gasteiger partial charge in [0.05, 0.1) is 19.8 Å². The number of hydrogen-bond donors (Lipinski definition) is 0. The fourth-order valence-electron chi connectivity index (χ4n) is 1.21. The Kier molecular flexibility index (Phi) is 3.99. The van der Waals surface area contributed by atoms with E-state index in [1.54, 1.807) is 13.0 Å². The first-order valence-electron chi connectivity index (χ1n) is 4.69. The number of carbonyl (C=O) groups excluding carboxylic acids is 2. The van der Waals surface area contributed by atoms with Crippen LogP contribution in [0.3, 0.4) is 0 Å². The number of rotatable bonds is 4. The number of esters is 1. The Labute approximate surface area is 93.4 Å². The van der Waals surface area contributed by atoms with Gasteiger partial charge >= 0.3 is 5.97 Å². The van der Waals surface area contributed by atoms with E-state index < -0.39 is 5.97 Å². The highest BCUT2D eigenvalue weighted by Crippen LogP contribution is 2.19. The van der Waals surface area contributed by atoms with Crippen LogP contribution in [0.5, 0.6) is 5.75 Å². The Balaban J connectivity index is 2.94. The minimum atomic E-state index is -0.576. The number of aryl methyl sites for hydroxylation is 1. The molecule has 0 saturated heterocycles. The number of nitrogens with zero attached hydrogens (tertiary/aromatic N) is 1. The van der Waals surface area contributed by atoms with E-state index in [4.69, 9.17) is 4.74 Å². The first-order chi connectivity index (χ1) is 7.58. The first kappa shape index (κ1) is 12.2. The lowest BCUT2D eigenvalue weighted by atomic mass is 10.1. The van der Waals surface area contributed by atoms with Crippen LogP contribution in [0, 0.1) is 6.92 Å². The number of aromatic nitrogens is 1. The van der Waals surface area contributed by atoms with E-state index in [0.717, 1.165) is 5.69 Å². The van der Waals surface area contributed by atoms with Gasteiger partial charge in [-0.3, -0.25) is 14.6 Å². The van der Waals surface area contributed by atoms with Crippen molar-refractivity contribution in [1.29, 1.82) is 0 Å². The third kappa shape index (κ3) is 2.79. The van der Waals surface area contributed by atoms with Gasteiger partial charge in [-0.15, -0.1) is 0 Å². The molecule has 0 aromatic carbocycles. The molecule has 0 aliphatic rings. The van der Waals surface area contributed by atoms with Gasteiger partial charge in [0.15, 0.2) is 5.78 Å². The summed E-state index contributed by atoms with van der Waals surface area (Å²) in [7, 11) is 2.70. The summed E-state index contributed by atoms with van der Waals surface area (Å²) in [5.41, 5.74) is 1.03. The summed E-state index contributed by atoms with van der Waals surface area (Å²) >= 11 is 0. The SMILES string of the molecule is COC(=O)CC(=O)c1cnc(C)cc1OC. The number of methoxy groups -OCH3 is 2. The molecule has 0 atom stereocenters. The van der Waals surface area contributed by atoms with Crippen LogP contribution in [0.4, 0.5) is 0 Å². The van der Waals surface area contributed by atoms with Gasteiger partial charge in [0.25, 0.3) is 0 Å². The van der Waals surface area contributed by atoms with Crippen LogP contribution in [0.1, 0.15) is 22.5 Å². The molecule has 0 aliphatic carbocycles. The molecular weight excluding hydrogens is 210 g/mol. The predicted molar refractivity (Wildman–Crippen MR) is 56.5 cm³/mol. The Hall–Kier alpha value is -1.91. The molecular formula is C11H13NO4. The van der Waals surface area contributed by atoms with Gasteiger partial charge < -0.3 is 9.47 Å². The van der Waals surface area contributed by atoms with Crippen LogP contribution in [0.2, 0.25) is 0 Å². The first-order valence-corrected chi connectivity index (χ1v) is 4.69. The lowest BCUT2D eigenvalue weighted by Crippen LogP contribution is -2.11. The summed E-state index contributed by atoms with van der Waals surface area (Å²) in [4.78, 5) is 26.6. The molecule has 1 heterocycles. The van der Waals surface area contributed by atoms with Crippen LogP contribution in [0.15, 0.2) is 12.3 Å². The summed E-state index contributed by atoms with van der Waals surface area (Å²) in [6.45, 7) is 1.79. The van der Waals surface area contributed by atoms with E-state index in [1.165, 1.54) is 20.4 Å². The number of Topliss-reactive ketones (excluding diaryl/α,β-unsaturated/α-hetero) is 1. The maximum atomic E-state index is 11.7. The summed E-state index contributed by atoms with van der Waals surface area (Å²) in [5.74, 6) is -0.523. The van der Waals surface area contributed by atoms with Crippen molar-refractivity contribution in [3.8, 4) is 5.75 Å². The van der Waals surface area contributed by atoms with E-state index in [1.807, 2.05) is 0 Å². The van der Waals surface area contributed by atoms with E-state index >= 15 is 0 Å². The van der Waals surface area contributed by atoms with Crippen molar-refractivity contribution in [2.45, 2.75) is 13.3 Å². The van der Waals surface area contributed by atoms with Crippen molar-refractivity contribution in [1.82, 2.24) is 4.98 Å². The normalized spacial score (nSPS) is 9.69. The lowest BCUT2D eigenvalue weighted by molar-refractivity contribution is -0.139. The van der Waals surface area contributed by atoms with Crippen LogP contribution in [-0.2, 0) is 9.53 Å². The largest absolute Gasteiger partial charge is 0.496 e. The number of hydrogen-bond acceptors (Lipinski definition) is 5. The highest BCUT2D eigenvalue weighted by Gasteiger charge is 2.16. The Morgan fingerprint density at radius 1 is 1.38 bits per heavy atom. The van der Waals surface area contributed by atoms with E-state index in [0.29, 0.717) is 11.3 Å². The highest BCUT2D eigenvalue weighted by molar-refractivity contribution is 6.07. The topological polar surface area (TPSA) is 65.5 Å². The Morgan fingerprint density at radius 2 is 2.06 bits per heavy atom. The van der Waals surface area contributed by atoms with Gasteiger partial charge in [0, 0.05) is 18.0 Å². The molecule has 0 amide bonds. The van der Waals surface area contributed by atoms with Crippen molar-refractivity contribution in [3.05, 3.63) is 23.5 Å². The van der Waals surface area contributed by atoms with Gasteiger partial charge in [-0.05, 0) is 6.92 Å². The zero-order valence-electron chi connectivity index (χ0n) is 9.44. The molecule has 0 saturated carbocycles. The van der Waals surface area contributed by atoms with Gasteiger partial charge in [-0.2, -0.15) is 0 Å². The molecule has 16 heavy (non-hydrogen) atoms. The van der Waals surface area contributed by atoms with Gasteiger partial charge in [0.2, 0.25) is 0 Å². The second kappa shape index (κ2) is 5.25. The maximum Gasteiger partial charge on any atom is 0.313 e. The molecule has 0 radical (unpaired) electrons. The summed E-state index contributed by atoms with van der Waals surface area (Å²) < 4.78 is 9.47. The monoisotopic (exact) mass is 223 g/mol. The minimum Gasteiger partial charge on any atom is -0.496 e. The summed E-state index contributed by atoms with van der Waals surface area (Å²) in [6, 6.07) is 1.64. The molecule has 5 heteroatoms. The Bertz CT molecular complexity index is 414. The molecule has 1 aromatic rings. The van der Waals surface area contributed by atoms with E-state index in [2.05, 4.69) is 9.72 Å². The van der Waals surface area contributed by atoms with Gasteiger partial charge in [-0.1, -0.05) is 0 Å².